The Bertz CT molecular complexity index is 197. The fourth-order valence-electron chi connectivity index (χ4n) is 1.57. The fraction of sp³-hybridized carbons (Fsp3) is 0.600. The molecule has 0 radical (unpaired) electrons. The van der Waals surface area contributed by atoms with Gasteiger partial charge in [-0.15, -0.1) is 0 Å². The van der Waals surface area contributed by atoms with Crippen LogP contribution in [0.2, 0.25) is 0 Å². The van der Waals surface area contributed by atoms with E-state index in [0.29, 0.717) is 5.92 Å². The molecule has 0 fully saturated rings. The maximum atomic E-state index is 2.28. The fourth-order valence-corrected chi connectivity index (χ4v) is 1.57. The van der Waals surface area contributed by atoms with Crippen molar-refractivity contribution in [2.75, 3.05) is 0 Å². The molecule has 0 nitrogen and oxygen atoms in total. The van der Waals surface area contributed by atoms with Gasteiger partial charge in [-0.3, -0.25) is 0 Å². The normalized spacial score (nSPS) is 19.4. The molecule has 0 heterocycles. The second-order valence-electron chi connectivity index (χ2n) is 3.34. The minimum atomic E-state index is 0. The first-order chi connectivity index (χ1) is 4.55. The molecule has 0 saturated heterocycles. The summed E-state index contributed by atoms with van der Waals surface area (Å²) in [5.74, 6) is 0.694. The van der Waals surface area contributed by atoms with E-state index in [2.05, 4.69) is 34.6 Å². The Labute approximate surface area is 82.5 Å². The van der Waals surface area contributed by atoms with Crippen molar-refractivity contribution in [1.29, 1.82) is 0 Å². The van der Waals surface area contributed by atoms with Crippen LogP contribution in [0.3, 0.4) is 0 Å². The predicted octanol–water partition coefficient (Wildman–Crippen LogP) is 3.31. The van der Waals surface area contributed by atoms with Crippen LogP contribution in [0.5, 0.6) is 0 Å². The van der Waals surface area contributed by atoms with Crippen LogP contribution < -0.4 is 0 Å². The average Bonchev–Trinajstić information content (AvgIpc) is 2.07. The summed E-state index contributed by atoms with van der Waals surface area (Å²) in [4.78, 5) is 0. The van der Waals surface area contributed by atoms with Gasteiger partial charge < -0.3 is 0 Å². The minimum absolute atomic E-state index is 0. The quantitative estimate of drug-likeness (QED) is 0.567. The summed E-state index contributed by atoms with van der Waals surface area (Å²) in [7, 11) is 0. The SMILES string of the molecule is CC1=C(C)C(C)C(C)=C1C.[Ru]. The molecule has 0 aromatic heterocycles. The van der Waals surface area contributed by atoms with Gasteiger partial charge in [-0.25, -0.2) is 0 Å². The van der Waals surface area contributed by atoms with Crippen LogP contribution in [0.4, 0.5) is 0 Å². The van der Waals surface area contributed by atoms with Gasteiger partial charge >= 0.3 is 0 Å². The van der Waals surface area contributed by atoms with Crippen LogP contribution in [0.1, 0.15) is 34.6 Å². The molecular formula is C10H16Ru. The first-order valence-corrected chi connectivity index (χ1v) is 3.90. The summed E-state index contributed by atoms with van der Waals surface area (Å²) in [6, 6.07) is 0. The van der Waals surface area contributed by atoms with Gasteiger partial charge in [0.2, 0.25) is 0 Å². The van der Waals surface area contributed by atoms with Crippen LogP contribution in [0.15, 0.2) is 22.3 Å². The number of rotatable bonds is 0. The molecule has 0 unspecified atom stereocenters. The minimum Gasteiger partial charge on any atom is -0.0632 e. The van der Waals surface area contributed by atoms with E-state index in [-0.39, 0.29) is 19.5 Å². The standard InChI is InChI=1S/C10H16.Ru/c1-6-7(2)9(4)10(5)8(6)3;/h6H,1-5H3;. The predicted molar refractivity (Wildman–Crippen MR) is 45.9 cm³/mol. The van der Waals surface area contributed by atoms with Crippen molar-refractivity contribution in [2.24, 2.45) is 5.92 Å². The maximum absolute atomic E-state index is 2.28. The summed E-state index contributed by atoms with van der Waals surface area (Å²) in [6.07, 6.45) is 0. The molecule has 0 aromatic rings. The Morgan fingerprint density at radius 1 is 0.818 bits per heavy atom. The second kappa shape index (κ2) is 3.67. The van der Waals surface area contributed by atoms with E-state index in [1.807, 2.05) is 0 Å². The third kappa shape index (κ3) is 1.64. The van der Waals surface area contributed by atoms with Gasteiger partial charge in [0.15, 0.2) is 0 Å². The van der Waals surface area contributed by atoms with E-state index < -0.39 is 0 Å². The maximum Gasteiger partial charge on any atom is 0 e. The molecule has 0 amide bonds. The molecule has 0 atom stereocenters. The third-order valence-corrected chi connectivity index (χ3v) is 3.04. The second-order valence-corrected chi connectivity index (χ2v) is 3.34. The van der Waals surface area contributed by atoms with Gasteiger partial charge in [0, 0.05) is 19.5 Å². The van der Waals surface area contributed by atoms with Gasteiger partial charge in [-0.2, -0.15) is 0 Å². The van der Waals surface area contributed by atoms with Crippen molar-refractivity contribution in [3.8, 4) is 0 Å². The summed E-state index contributed by atoms with van der Waals surface area (Å²) in [5, 5.41) is 0. The topological polar surface area (TPSA) is 0 Å². The summed E-state index contributed by atoms with van der Waals surface area (Å²) in [5.41, 5.74) is 6.11. The zero-order valence-electron chi connectivity index (χ0n) is 7.93. The molecular weight excluding hydrogens is 221 g/mol. The Morgan fingerprint density at radius 2 is 1.09 bits per heavy atom. The summed E-state index contributed by atoms with van der Waals surface area (Å²) in [6.45, 7) is 11.2. The van der Waals surface area contributed by atoms with Gasteiger partial charge in [0.1, 0.15) is 0 Å². The summed E-state index contributed by atoms with van der Waals surface area (Å²) >= 11 is 0. The first-order valence-electron chi connectivity index (χ1n) is 3.90. The molecule has 11 heavy (non-hydrogen) atoms. The molecule has 1 aliphatic carbocycles. The van der Waals surface area contributed by atoms with Gasteiger partial charge in [0.05, 0.1) is 0 Å². The van der Waals surface area contributed by atoms with Crippen molar-refractivity contribution in [1.82, 2.24) is 0 Å². The van der Waals surface area contributed by atoms with Gasteiger partial charge in [-0.1, -0.05) is 18.1 Å². The van der Waals surface area contributed by atoms with Gasteiger partial charge in [0.25, 0.3) is 0 Å². The third-order valence-electron chi connectivity index (χ3n) is 3.04. The van der Waals surface area contributed by atoms with Crippen molar-refractivity contribution in [3.05, 3.63) is 22.3 Å². The largest absolute Gasteiger partial charge is 0.0632 e. The van der Waals surface area contributed by atoms with E-state index in [9.17, 15) is 0 Å². The average molecular weight is 237 g/mol. The molecule has 0 bridgehead atoms. The summed E-state index contributed by atoms with van der Waals surface area (Å²) < 4.78 is 0. The Morgan fingerprint density at radius 3 is 1.18 bits per heavy atom. The van der Waals surface area contributed by atoms with E-state index in [0.717, 1.165) is 0 Å². The van der Waals surface area contributed by atoms with Crippen LogP contribution in [0, 0.1) is 5.92 Å². The zero-order chi connectivity index (χ0) is 7.89. The molecule has 0 saturated carbocycles. The van der Waals surface area contributed by atoms with Crippen LogP contribution in [0.25, 0.3) is 0 Å². The van der Waals surface area contributed by atoms with Crippen LogP contribution in [-0.4, -0.2) is 0 Å². The molecule has 0 N–H and O–H groups in total. The molecule has 1 heteroatoms. The molecule has 0 spiro atoms. The number of hydrogen-bond acceptors (Lipinski definition) is 0. The van der Waals surface area contributed by atoms with Crippen molar-refractivity contribution in [3.63, 3.8) is 0 Å². The number of hydrogen-bond donors (Lipinski definition) is 0. The molecule has 1 rings (SSSR count). The van der Waals surface area contributed by atoms with Crippen molar-refractivity contribution in [2.45, 2.75) is 34.6 Å². The van der Waals surface area contributed by atoms with E-state index in [1.54, 1.807) is 11.1 Å². The zero-order valence-corrected chi connectivity index (χ0v) is 9.67. The first kappa shape index (κ1) is 11.1. The monoisotopic (exact) mass is 238 g/mol. The molecule has 0 aromatic carbocycles. The Balaban J connectivity index is 0.000001000. The van der Waals surface area contributed by atoms with E-state index >= 15 is 0 Å². The van der Waals surface area contributed by atoms with Crippen molar-refractivity contribution < 1.29 is 19.5 Å². The molecule has 64 valence electrons. The molecule has 0 aliphatic heterocycles. The van der Waals surface area contributed by atoms with E-state index in [1.165, 1.54) is 11.1 Å². The van der Waals surface area contributed by atoms with Gasteiger partial charge in [-0.05, 0) is 44.8 Å². The van der Waals surface area contributed by atoms with Crippen molar-refractivity contribution >= 4 is 0 Å². The Hall–Kier alpha value is 0.103. The number of allylic oxidation sites excluding steroid dienone is 4. The van der Waals surface area contributed by atoms with Crippen LogP contribution >= 0.6 is 0 Å². The smallest absolute Gasteiger partial charge is 0 e. The van der Waals surface area contributed by atoms with Crippen LogP contribution in [-0.2, 0) is 19.5 Å². The molecule has 1 aliphatic rings. The Kier molecular flexibility index (Phi) is 3.70. The van der Waals surface area contributed by atoms with E-state index in [4.69, 9.17) is 0 Å².